The van der Waals surface area contributed by atoms with Crippen molar-refractivity contribution in [1.29, 1.82) is 0 Å². The van der Waals surface area contributed by atoms with Crippen LogP contribution in [0.15, 0.2) is 18.2 Å². The molecule has 1 aromatic rings. The van der Waals surface area contributed by atoms with Crippen LogP contribution in [0.1, 0.15) is 30.0 Å². The van der Waals surface area contributed by atoms with Crippen LogP contribution in [0.4, 0.5) is 0 Å². The molecule has 1 atom stereocenters. The van der Waals surface area contributed by atoms with Gasteiger partial charge in [-0.15, -0.1) is 12.3 Å². The topological polar surface area (TPSA) is 38.0 Å². The van der Waals surface area contributed by atoms with Gasteiger partial charge in [0.15, 0.2) is 0 Å². The molecule has 80 valence electrons. The average Bonchev–Trinajstić information content (AvgIpc) is 2.21. The summed E-state index contributed by atoms with van der Waals surface area (Å²) in [4.78, 5) is 0. The van der Waals surface area contributed by atoms with Crippen LogP contribution in [0, 0.1) is 19.3 Å². The number of nitrogens with two attached hydrogens (primary N) is 1. The lowest BCUT2D eigenvalue weighted by Crippen LogP contribution is -2.28. The second kappa shape index (κ2) is 5.77. The molecule has 1 aromatic carbocycles. The van der Waals surface area contributed by atoms with Gasteiger partial charge in [0.25, 0.3) is 0 Å². The molecule has 2 nitrogen and oxygen atoms in total. The van der Waals surface area contributed by atoms with Gasteiger partial charge in [-0.25, -0.2) is 0 Å². The Bertz CT molecular complexity index is 368. The largest absolute Gasteiger partial charge is 0.271 e. The Kier molecular flexibility index (Phi) is 4.64. The van der Waals surface area contributed by atoms with Crippen molar-refractivity contribution in [1.82, 2.24) is 5.43 Å². The minimum Gasteiger partial charge on any atom is -0.271 e. The van der Waals surface area contributed by atoms with Gasteiger partial charge in [-0.1, -0.05) is 23.7 Å². The summed E-state index contributed by atoms with van der Waals surface area (Å²) in [6.07, 6.45) is 6.69. The molecule has 0 saturated heterocycles. The van der Waals surface area contributed by atoms with Crippen LogP contribution in [0.5, 0.6) is 0 Å². The molecular formula is C12H15ClN2. The van der Waals surface area contributed by atoms with Crippen LogP contribution in [0.25, 0.3) is 0 Å². The van der Waals surface area contributed by atoms with Crippen molar-refractivity contribution >= 4 is 11.6 Å². The molecule has 0 bridgehead atoms. The summed E-state index contributed by atoms with van der Waals surface area (Å²) >= 11 is 6.13. The highest BCUT2D eigenvalue weighted by Gasteiger charge is 2.12. The number of terminal acetylenes is 1. The average molecular weight is 223 g/mol. The smallest absolute Gasteiger partial charge is 0.0483 e. The molecule has 3 heteroatoms. The fraction of sp³-hybridized carbons (Fsp3) is 0.333. The summed E-state index contributed by atoms with van der Waals surface area (Å²) < 4.78 is 0. The normalized spacial score (nSPS) is 12.1. The Hall–Kier alpha value is -1.01. The molecule has 0 aliphatic rings. The number of nitrogens with one attached hydrogen (secondary N) is 1. The number of benzene rings is 1. The number of hydrogen-bond donors (Lipinski definition) is 2. The van der Waals surface area contributed by atoms with Crippen molar-refractivity contribution in [2.24, 2.45) is 5.84 Å². The predicted molar refractivity (Wildman–Crippen MR) is 64.3 cm³/mol. The van der Waals surface area contributed by atoms with Gasteiger partial charge in [0.05, 0.1) is 0 Å². The first-order valence-electron chi connectivity index (χ1n) is 4.84. The molecule has 0 aliphatic carbocycles. The van der Waals surface area contributed by atoms with Gasteiger partial charge in [0.1, 0.15) is 0 Å². The van der Waals surface area contributed by atoms with E-state index in [1.807, 2.05) is 25.1 Å². The van der Waals surface area contributed by atoms with Gasteiger partial charge in [0.2, 0.25) is 0 Å². The molecule has 1 unspecified atom stereocenters. The monoisotopic (exact) mass is 222 g/mol. The Morgan fingerprint density at radius 1 is 1.60 bits per heavy atom. The molecule has 0 fully saturated rings. The number of halogens is 1. The molecule has 0 radical (unpaired) electrons. The highest BCUT2D eigenvalue weighted by Crippen LogP contribution is 2.26. The van der Waals surface area contributed by atoms with Crippen molar-refractivity contribution in [2.45, 2.75) is 25.8 Å². The predicted octanol–water partition coefficient (Wildman–Crippen LogP) is 2.57. The lowest BCUT2D eigenvalue weighted by molar-refractivity contribution is 0.524. The molecule has 0 amide bonds. The molecule has 0 aromatic heterocycles. The van der Waals surface area contributed by atoms with E-state index in [9.17, 15) is 0 Å². The third-order valence-corrected chi connectivity index (χ3v) is 2.64. The molecule has 0 spiro atoms. The molecule has 0 heterocycles. The van der Waals surface area contributed by atoms with Crippen molar-refractivity contribution in [3.8, 4) is 12.3 Å². The van der Waals surface area contributed by atoms with Crippen molar-refractivity contribution in [2.75, 3.05) is 0 Å². The molecule has 3 N–H and O–H groups in total. The van der Waals surface area contributed by atoms with Gasteiger partial charge in [-0.2, -0.15) is 0 Å². The van der Waals surface area contributed by atoms with E-state index in [1.165, 1.54) is 0 Å². The minimum absolute atomic E-state index is 0.0224. The zero-order valence-corrected chi connectivity index (χ0v) is 9.51. The minimum atomic E-state index is 0.0224. The quantitative estimate of drug-likeness (QED) is 0.467. The number of rotatable bonds is 4. The maximum absolute atomic E-state index is 6.13. The van der Waals surface area contributed by atoms with E-state index in [2.05, 4.69) is 11.3 Å². The summed E-state index contributed by atoms with van der Waals surface area (Å²) in [5.74, 6) is 8.07. The van der Waals surface area contributed by atoms with Gasteiger partial charge in [0, 0.05) is 17.5 Å². The molecule has 0 aliphatic heterocycles. The van der Waals surface area contributed by atoms with E-state index >= 15 is 0 Å². The molecule has 15 heavy (non-hydrogen) atoms. The van der Waals surface area contributed by atoms with Crippen molar-refractivity contribution in [3.63, 3.8) is 0 Å². The number of hydrazine groups is 1. The standard InChI is InChI=1S/C12H15ClN2/c1-3-4-5-12(15-14)10-7-6-9(2)8-11(10)13/h1,6-8,12,15H,4-5,14H2,2H3. The molecule has 1 rings (SSSR count). The van der Waals surface area contributed by atoms with E-state index in [0.717, 1.165) is 22.6 Å². The van der Waals surface area contributed by atoms with Crippen LogP contribution in [0.3, 0.4) is 0 Å². The first kappa shape index (κ1) is 12.1. The summed E-state index contributed by atoms with van der Waals surface area (Å²) in [5, 5.41) is 0.731. The van der Waals surface area contributed by atoms with E-state index in [4.69, 9.17) is 23.9 Å². The first-order valence-corrected chi connectivity index (χ1v) is 5.22. The third kappa shape index (κ3) is 3.24. The maximum atomic E-state index is 6.13. The van der Waals surface area contributed by atoms with E-state index in [-0.39, 0.29) is 6.04 Å². The van der Waals surface area contributed by atoms with Gasteiger partial charge >= 0.3 is 0 Å². The second-order valence-electron chi connectivity index (χ2n) is 3.49. The Labute approximate surface area is 95.8 Å². The third-order valence-electron chi connectivity index (χ3n) is 2.31. The number of aryl methyl sites for hydroxylation is 1. The first-order chi connectivity index (χ1) is 7.19. The van der Waals surface area contributed by atoms with Crippen molar-refractivity contribution < 1.29 is 0 Å². The van der Waals surface area contributed by atoms with Crippen LogP contribution in [-0.4, -0.2) is 0 Å². The second-order valence-corrected chi connectivity index (χ2v) is 3.89. The van der Waals surface area contributed by atoms with Crippen LogP contribution in [0.2, 0.25) is 5.02 Å². The fourth-order valence-corrected chi connectivity index (χ4v) is 1.84. The summed E-state index contributed by atoms with van der Waals surface area (Å²) in [7, 11) is 0. The highest BCUT2D eigenvalue weighted by molar-refractivity contribution is 6.31. The van der Waals surface area contributed by atoms with Gasteiger partial charge in [-0.3, -0.25) is 11.3 Å². The molecule has 0 saturated carbocycles. The number of hydrogen-bond acceptors (Lipinski definition) is 2. The summed E-state index contributed by atoms with van der Waals surface area (Å²) in [5.41, 5.74) is 4.87. The Morgan fingerprint density at radius 2 is 2.33 bits per heavy atom. The van der Waals surface area contributed by atoms with E-state index in [0.29, 0.717) is 6.42 Å². The SMILES string of the molecule is C#CCCC(NN)c1ccc(C)cc1Cl. The van der Waals surface area contributed by atoms with Crippen molar-refractivity contribution in [3.05, 3.63) is 34.3 Å². The van der Waals surface area contributed by atoms with Gasteiger partial charge < -0.3 is 0 Å². The van der Waals surface area contributed by atoms with Crippen LogP contribution < -0.4 is 11.3 Å². The van der Waals surface area contributed by atoms with Crippen LogP contribution in [-0.2, 0) is 0 Å². The Morgan fingerprint density at radius 3 is 2.87 bits per heavy atom. The van der Waals surface area contributed by atoms with Gasteiger partial charge in [-0.05, 0) is 30.5 Å². The fourth-order valence-electron chi connectivity index (χ4n) is 1.47. The zero-order valence-electron chi connectivity index (χ0n) is 8.76. The summed E-state index contributed by atoms with van der Waals surface area (Å²) in [6.45, 7) is 2.00. The lowest BCUT2D eigenvalue weighted by atomic mass is 10.0. The van der Waals surface area contributed by atoms with Crippen LogP contribution >= 0.6 is 11.6 Å². The zero-order chi connectivity index (χ0) is 11.3. The summed E-state index contributed by atoms with van der Waals surface area (Å²) in [6, 6.07) is 5.95. The van der Waals surface area contributed by atoms with E-state index in [1.54, 1.807) is 0 Å². The Balaban J connectivity index is 2.87. The van der Waals surface area contributed by atoms with E-state index < -0.39 is 0 Å². The lowest BCUT2D eigenvalue weighted by Gasteiger charge is -2.16. The highest BCUT2D eigenvalue weighted by atomic mass is 35.5. The maximum Gasteiger partial charge on any atom is 0.0483 e. The molecular weight excluding hydrogens is 208 g/mol.